The Kier molecular flexibility index (Phi) is 9.49. The van der Waals surface area contributed by atoms with E-state index in [-0.39, 0.29) is 23.7 Å². The average Bonchev–Trinajstić information content (AvgIpc) is 3.23. The highest BCUT2D eigenvalue weighted by Crippen LogP contribution is 2.27. The largest absolute Gasteiger partial charge is 0.462 e. The Balaban J connectivity index is 1.39. The first-order chi connectivity index (χ1) is 14.9. The molecule has 0 bridgehead atoms. The highest BCUT2D eigenvalue weighted by molar-refractivity contribution is 8.01. The monoisotopic (exact) mass is 502 g/mol. The first-order valence-electron chi connectivity index (χ1n) is 9.89. The first kappa shape index (κ1) is 24.4. The molecule has 3 rings (SSSR count). The van der Waals surface area contributed by atoms with Crippen molar-refractivity contribution in [1.82, 2.24) is 10.2 Å². The van der Waals surface area contributed by atoms with Crippen LogP contribution in [0.5, 0.6) is 0 Å². The van der Waals surface area contributed by atoms with E-state index in [0.717, 1.165) is 29.4 Å². The molecule has 168 valence electrons. The maximum Gasteiger partial charge on any atom is 0.348 e. The molecule has 1 aromatic carbocycles. The molecule has 0 spiro atoms. The van der Waals surface area contributed by atoms with Gasteiger partial charge in [-0.25, -0.2) is 4.79 Å². The van der Waals surface area contributed by atoms with Crippen molar-refractivity contribution >= 4 is 58.2 Å². The molecule has 0 saturated carbocycles. The van der Waals surface area contributed by atoms with E-state index in [9.17, 15) is 9.59 Å². The van der Waals surface area contributed by atoms with Crippen LogP contribution in [-0.4, -0.2) is 61.5 Å². The molecule has 1 fully saturated rings. The van der Waals surface area contributed by atoms with Crippen LogP contribution in [0.25, 0.3) is 0 Å². The van der Waals surface area contributed by atoms with E-state index < -0.39 is 0 Å². The van der Waals surface area contributed by atoms with E-state index in [1.165, 1.54) is 23.1 Å². The minimum atomic E-state index is -0.330. The van der Waals surface area contributed by atoms with E-state index in [1.54, 1.807) is 19.1 Å². The lowest BCUT2D eigenvalue weighted by Crippen LogP contribution is -2.47. The summed E-state index contributed by atoms with van der Waals surface area (Å²) in [5.74, 6) is -0.118. The van der Waals surface area contributed by atoms with Crippen molar-refractivity contribution in [3.8, 4) is 0 Å². The molecule has 1 unspecified atom stereocenters. The molecule has 1 aliphatic heterocycles. The molecular formula is C21H24Cl2N2O4S2. The van der Waals surface area contributed by atoms with Crippen molar-refractivity contribution < 1.29 is 19.1 Å². The third-order valence-electron chi connectivity index (χ3n) is 4.54. The van der Waals surface area contributed by atoms with Crippen molar-refractivity contribution in [3.63, 3.8) is 0 Å². The molecule has 10 heteroatoms. The van der Waals surface area contributed by atoms with Gasteiger partial charge in [-0.05, 0) is 36.8 Å². The third kappa shape index (κ3) is 7.66. The number of ether oxygens (including phenoxy) is 2. The second kappa shape index (κ2) is 12.1. The minimum Gasteiger partial charge on any atom is -0.462 e. The van der Waals surface area contributed by atoms with Crippen LogP contribution in [0, 0.1) is 0 Å². The number of carbonyl (C=O) groups excluding carboxylic acids is 2. The van der Waals surface area contributed by atoms with Crippen LogP contribution < -0.4 is 5.32 Å². The van der Waals surface area contributed by atoms with Gasteiger partial charge in [-0.1, -0.05) is 29.3 Å². The molecule has 31 heavy (non-hydrogen) atoms. The molecular weight excluding hydrogens is 479 g/mol. The number of esters is 1. The fourth-order valence-corrected chi connectivity index (χ4v) is 5.24. The highest BCUT2D eigenvalue weighted by Gasteiger charge is 2.21. The van der Waals surface area contributed by atoms with Gasteiger partial charge < -0.3 is 14.8 Å². The van der Waals surface area contributed by atoms with Gasteiger partial charge in [-0.3, -0.25) is 9.69 Å². The van der Waals surface area contributed by atoms with Crippen molar-refractivity contribution in [2.75, 3.05) is 38.6 Å². The van der Waals surface area contributed by atoms with Gasteiger partial charge in [0.15, 0.2) is 0 Å². The van der Waals surface area contributed by atoms with Gasteiger partial charge in [0.05, 0.1) is 39.3 Å². The Morgan fingerprint density at radius 1 is 1.29 bits per heavy atom. The number of nitrogens with zero attached hydrogens (tertiary/aromatic N) is 1. The molecule has 0 aliphatic carbocycles. The van der Waals surface area contributed by atoms with Gasteiger partial charge in [0, 0.05) is 26.2 Å². The summed E-state index contributed by atoms with van der Waals surface area (Å²) in [4.78, 5) is 26.8. The zero-order valence-electron chi connectivity index (χ0n) is 17.1. The molecule has 6 nitrogen and oxygen atoms in total. The van der Waals surface area contributed by atoms with Gasteiger partial charge in [-0.2, -0.15) is 0 Å². The van der Waals surface area contributed by atoms with Crippen LogP contribution in [-0.2, 0) is 20.8 Å². The first-order valence-corrected chi connectivity index (χ1v) is 12.4. The van der Waals surface area contributed by atoms with Gasteiger partial charge in [-0.15, -0.1) is 23.1 Å². The SMILES string of the molecule is CCOC(=O)c1ccc(SCC(=O)NCC2CN(Cc3ccc(Cl)c(Cl)c3)CCO2)s1. The summed E-state index contributed by atoms with van der Waals surface area (Å²) in [7, 11) is 0. The van der Waals surface area contributed by atoms with E-state index in [2.05, 4.69) is 10.2 Å². The van der Waals surface area contributed by atoms with E-state index in [0.29, 0.717) is 34.7 Å². The van der Waals surface area contributed by atoms with Crippen LogP contribution in [0.2, 0.25) is 10.0 Å². The summed E-state index contributed by atoms with van der Waals surface area (Å²) in [5, 5.41) is 4.03. The summed E-state index contributed by atoms with van der Waals surface area (Å²) >= 11 is 14.8. The summed E-state index contributed by atoms with van der Waals surface area (Å²) in [6.45, 7) is 5.48. The van der Waals surface area contributed by atoms with Gasteiger partial charge in [0.1, 0.15) is 4.88 Å². The van der Waals surface area contributed by atoms with Crippen LogP contribution in [0.1, 0.15) is 22.2 Å². The number of thioether (sulfide) groups is 1. The number of carbonyl (C=O) groups is 2. The molecule has 1 saturated heterocycles. The molecule has 1 amide bonds. The fourth-order valence-electron chi connectivity index (χ4n) is 3.07. The summed E-state index contributed by atoms with van der Waals surface area (Å²) in [6.07, 6.45) is -0.0670. The predicted molar refractivity (Wildman–Crippen MR) is 125 cm³/mol. The third-order valence-corrected chi connectivity index (χ3v) is 7.57. The quantitative estimate of drug-likeness (QED) is 0.406. The Hall–Kier alpha value is -1.29. The van der Waals surface area contributed by atoms with Gasteiger partial charge >= 0.3 is 5.97 Å². The van der Waals surface area contributed by atoms with E-state index >= 15 is 0 Å². The zero-order valence-corrected chi connectivity index (χ0v) is 20.2. The normalized spacial score (nSPS) is 16.8. The predicted octanol–water partition coefficient (Wildman–Crippen LogP) is 4.34. The molecule has 2 aromatic rings. The lowest BCUT2D eigenvalue weighted by Gasteiger charge is -2.33. The van der Waals surface area contributed by atoms with Crippen molar-refractivity contribution in [2.45, 2.75) is 23.8 Å². The van der Waals surface area contributed by atoms with Crippen molar-refractivity contribution in [1.29, 1.82) is 0 Å². The molecule has 1 N–H and O–H groups in total. The second-order valence-electron chi connectivity index (χ2n) is 6.91. The number of hydrogen-bond acceptors (Lipinski definition) is 7. The minimum absolute atomic E-state index is 0.0670. The molecule has 1 aliphatic rings. The summed E-state index contributed by atoms with van der Waals surface area (Å²) in [6, 6.07) is 9.21. The number of nitrogens with one attached hydrogen (secondary N) is 1. The number of rotatable bonds is 9. The maximum atomic E-state index is 12.2. The number of hydrogen-bond donors (Lipinski definition) is 1. The Morgan fingerprint density at radius 2 is 2.13 bits per heavy atom. The number of amides is 1. The summed E-state index contributed by atoms with van der Waals surface area (Å²) in [5.41, 5.74) is 1.09. The molecule has 1 aromatic heterocycles. The van der Waals surface area contributed by atoms with E-state index in [4.69, 9.17) is 32.7 Å². The summed E-state index contributed by atoms with van der Waals surface area (Å²) < 4.78 is 11.7. The van der Waals surface area contributed by atoms with Crippen molar-refractivity contribution in [3.05, 3.63) is 50.8 Å². The maximum absolute atomic E-state index is 12.2. The Labute approximate surface area is 200 Å². The Bertz CT molecular complexity index is 909. The highest BCUT2D eigenvalue weighted by atomic mass is 35.5. The van der Waals surface area contributed by atoms with Crippen LogP contribution >= 0.6 is 46.3 Å². The van der Waals surface area contributed by atoms with Crippen LogP contribution in [0.3, 0.4) is 0 Å². The van der Waals surface area contributed by atoms with Gasteiger partial charge in [0.2, 0.25) is 5.91 Å². The lowest BCUT2D eigenvalue weighted by atomic mass is 10.2. The molecule has 0 radical (unpaired) electrons. The zero-order chi connectivity index (χ0) is 22.2. The Morgan fingerprint density at radius 3 is 2.90 bits per heavy atom. The number of morpholine rings is 1. The van der Waals surface area contributed by atoms with Crippen LogP contribution in [0.4, 0.5) is 0 Å². The number of thiophene rings is 1. The van der Waals surface area contributed by atoms with Crippen LogP contribution in [0.15, 0.2) is 34.5 Å². The average molecular weight is 503 g/mol. The van der Waals surface area contributed by atoms with Gasteiger partial charge in [0.25, 0.3) is 0 Å². The lowest BCUT2D eigenvalue weighted by molar-refractivity contribution is -0.119. The smallest absolute Gasteiger partial charge is 0.348 e. The van der Waals surface area contributed by atoms with E-state index in [1.807, 2.05) is 18.2 Å². The molecule has 1 atom stereocenters. The fraction of sp³-hybridized carbons (Fsp3) is 0.429. The second-order valence-corrected chi connectivity index (χ2v) is 10.1. The molecule has 2 heterocycles. The number of halogens is 2. The topological polar surface area (TPSA) is 67.9 Å². The number of benzene rings is 1. The van der Waals surface area contributed by atoms with Crippen molar-refractivity contribution in [2.24, 2.45) is 0 Å². The standard InChI is InChI=1S/C21H24Cl2N2O4S2/c1-2-28-21(27)18-5-6-20(31-18)30-13-19(26)24-10-15-12-25(7-8-29-15)11-14-3-4-16(22)17(23)9-14/h3-6,9,15H,2,7-8,10-13H2,1H3,(H,24,26).